The molecule has 1 aliphatic carbocycles. The number of benzene rings is 2. The number of methoxy groups -OCH3 is 1. The van der Waals surface area contributed by atoms with E-state index in [2.05, 4.69) is 25.3 Å². The Hall–Kier alpha value is -5.06. The molecule has 18 heteroatoms. The van der Waals surface area contributed by atoms with E-state index in [0.29, 0.717) is 35.4 Å². The van der Waals surface area contributed by atoms with E-state index < -0.39 is 26.4 Å². The minimum Gasteiger partial charge on any atom is -0.494 e. The monoisotopic (exact) mass is 670 g/mol. The molecule has 47 heavy (non-hydrogen) atoms. The van der Waals surface area contributed by atoms with Crippen molar-refractivity contribution in [1.82, 2.24) is 15.0 Å². The SMILES string of the molecule is CNC(=O)c1cn(COC(=O)c2ccc(COP(=O)(O)O)cc2)/c(=N/C(=O)C2CC2)cc1Nc1cccc(/C(N)=N/N(C)N)c1OC. The van der Waals surface area contributed by atoms with Gasteiger partial charge in [0.05, 0.1) is 41.8 Å². The summed E-state index contributed by atoms with van der Waals surface area (Å²) in [6, 6.07) is 12.3. The van der Waals surface area contributed by atoms with Crippen molar-refractivity contribution in [2.45, 2.75) is 26.2 Å². The number of hydrogen-bond acceptors (Lipinski definition) is 11. The number of amides is 2. The molecule has 250 valence electrons. The number of rotatable bonds is 13. The van der Waals surface area contributed by atoms with Gasteiger partial charge in [0.25, 0.3) is 11.8 Å². The van der Waals surface area contributed by atoms with Crippen LogP contribution in [0.1, 0.15) is 44.7 Å². The average molecular weight is 671 g/mol. The molecule has 1 heterocycles. The van der Waals surface area contributed by atoms with Crippen LogP contribution in [0, 0.1) is 5.92 Å². The van der Waals surface area contributed by atoms with Crippen molar-refractivity contribution in [3.05, 3.63) is 82.5 Å². The number of hydrogen-bond donors (Lipinski definition) is 6. The number of carbonyl (C=O) groups is 3. The molecule has 1 aromatic heterocycles. The highest BCUT2D eigenvalue weighted by Gasteiger charge is 2.29. The highest BCUT2D eigenvalue weighted by atomic mass is 31.2. The molecule has 8 N–H and O–H groups in total. The molecular formula is C29H35N8O9P. The zero-order chi connectivity index (χ0) is 34.3. The van der Waals surface area contributed by atoms with Crippen LogP contribution in [0.5, 0.6) is 5.75 Å². The number of phosphoric acid groups is 1. The van der Waals surface area contributed by atoms with Gasteiger partial charge >= 0.3 is 13.8 Å². The fraction of sp³-hybridized carbons (Fsp3) is 0.276. The van der Waals surface area contributed by atoms with E-state index in [1.165, 1.54) is 62.3 Å². The van der Waals surface area contributed by atoms with Crippen LogP contribution in [0.3, 0.4) is 0 Å². The standard InChI is InChI=1S/C29H35N8O9P/c1-32-28(39)21-14-37(16-45-29(40)19-9-7-17(8-10-19)15-46-47(41,42)43)24(34-27(38)18-11-12-18)13-23(21)33-22-6-4-5-20(25(22)44-3)26(30)35-36(2)31/h4-10,13-14,18,33H,11-12,15-16,31H2,1-3H3,(H2,30,35)(H,32,39)(H2,41,42,43)/b34-24+. The lowest BCUT2D eigenvalue weighted by atomic mass is 10.1. The number of aromatic nitrogens is 1. The molecule has 2 amide bonds. The summed E-state index contributed by atoms with van der Waals surface area (Å²) in [5.74, 6) is 4.18. The fourth-order valence-corrected chi connectivity index (χ4v) is 4.59. The lowest BCUT2D eigenvalue weighted by molar-refractivity contribution is -0.119. The number of phosphoric ester groups is 1. The second-order valence-electron chi connectivity index (χ2n) is 10.3. The van der Waals surface area contributed by atoms with E-state index in [0.717, 1.165) is 5.12 Å². The Labute approximate surface area is 269 Å². The molecular weight excluding hydrogens is 635 g/mol. The molecule has 0 saturated heterocycles. The largest absolute Gasteiger partial charge is 0.494 e. The Kier molecular flexibility index (Phi) is 11.1. The summed E-state index contributed by atoms with van der Waals surface area (Å²) < 4.78 is 27.9. The first-order valence-corrected chi connectivity index (χ1v) is 15.6. The second-order valence-corrected chi connectivity index (χ2v) is 11.6. The molecule has 2 aromatic carbocycles. The van der Waals surface area contributed by atoms with Crippen LogP contribution in [-0.4, -0.2) is 64.3 Å². The summed E-state index contributed by atoms with van der Waals surface area (Å²) in [7, 11) is -0.267. The Bertz CT molecular complexity index is 1800. The number of ether oxygens (including phenoxy) is 2. The number of nitrogens with zero attached hydrogens (tertiary/aromatic N) is 4. The first kappa shape index (κ1) is 34.8. The first-order chi connectivity index (χ1) is 22.3. The molecule has 0 unspecified atom stereocenters. The highest BCUT2D eigenvalue weighted by Crippen LogP contribution is 2.37. The van der Waals surface area contributed by atoms with Gasteiger partial charge in [0, 0.05) is 32.3 Å². The molecule has 17 nitrogen and oxygen atoms in total. The topological polar surface area (TPSA) is 245 Å². The van der Waals surface area contributed by atoms with Crippen LogP contribution < -0.4 is 32.4 Å². The van der Waals surface area contributed by atoms with Crippen LogP contribution in [0.4, 0.5) is 11.4 Å². The molecule has 0 spiro atoms. The molecule has 1 saturated carbocycles. The Balaban J connectivity index is 1.69. The predicted octanol–water partition coefficient (Wildman–Crippen LogP) is 1.29. The van der Waals surface area contributed by atoms with Crippen LogP contribution >= 0.6 is 7.82 Å². The Morgan fingerprint density at radius 3 is 2.40 bits per heavy atom. The Morgan fingerprint density at radius 1 is 1.11 bits per heavy atom. The van der Waals surface area contributed by atoms with Crippen molar-refractivity contribution >= 4 is 42.8 Å². The first-order valence-electron chi connectivity index (χ1n) is 14.1. The second kappa shape index (κ2) is 15.0. The van der Waals surface area contributed by atoms with E-state index >= 15 is 0 Å². The third-order valence-corrected chi connectivity index (χ3v) is 7.18. The molecule has 3 aromatic rings. The average Bonchev–Trinajstić information content (AvgIpc) is 3.88. The number of amidine groups is 1. The third-order valence-electron chi connectivity index (χ3n) is 6.72. The van der Waals surface area contributed by atoms with Crippen molar-refractivity contribution < 1.29 is 42.7 Å². The van der Waals surface area contributed by atoms with Crippen LogP contribution in [0.25, 0.3) is 0 Å². The minimum atomic E-state index is -4.66. The van der Waals surface area contributed by atoms with Crippen molar-refractivity contribution in [2.75, 3.05) is 26.5 Å². The summed E-state index contributed by atoms with van der Waals surface area (Å²) in [5, 5.41) is 10.8. The third kappa shape index (κ3) is 9.48. The molecule has 1 aliphatic rings. The number of nitrogens with one attached hydrogen (secondary N) is 2. The van der Waals surface area contributed by atoms with E-state index in [9.17, 15) is 18.9 Å². The maximum atomic E-state index is 13.1. The molecule has 0 bridgehead atoms. The summed E-state index contributed by atoms with van der Waals surface area (Å²) >= 11 is 0. The number of nitrogens with two attached hydrogens (primary N) is 2. The van der Waals surface area contributed by atoms with Gasteiger partial charge in [-0.2, -0.15) is 4.99 Å². The van der Waals surface area contributed by atoms with Gasteiger partial charge in [-0.25, -0.2) is 20.3 Å². The van der Waals surface area contributed by atoms with E-state index in [-0.39, 0.29) is 46.6 Å². The molecule has 1 fully saturated rings. The maximum absolute atomic E-state index is 13.1. The number of carbonyl (C=O) groups excluding carboxylic acids is 3. The van der Waals surface area contributed by atoms with Gasteiger partial charge in [-0.15, -0.1) is 5.10 Å². The number of hydrazone groups is 1. The molecule has 4 rings (SSSR count). The summed E-state index contributed by atoms with van der Waals surface area (Å²) in [5.41, 5.74) is 7.99. The summed E-state index contributed by atoms with van der Waals surface area (Å²) in [6.07, 6.45) is 2.81. The van der Waals surface area contributed by atoms with Gasteiger partial charge < -0.3 is 35.6 Å². The summed E-state index contributed by atoms with van der Waals surface area (Å²) in [6.45, 7) is -0.776. The fourth-order valence-electron chi connectivity index (χ4n) is 4.27. The van der Waals surface area contributed by atoms with Crippen LogP contribution in [0.2, 0.25) is 0 Å². The van der Waals surface area contributed by atoms with Crippen molar-refractivity contribution in [3.63, 3.8) is 0 Å². The lowest BCUT2D eigenvalue weighted by Crippen LogP contribution is -2.29. The number of hydrazine groups is 1. The van der Waals surface area contributed by atoms with E-state index in [1.807, 2.05) is 0 Å². The number of para-hydroxylation sites is 1. The molecule has 0 atom stereocenters. The number of esters is 1. The van der Waals surface area contributed by atoms with Crippen molar-refractivity contribution in [3.8, 4) is 5.75 Å². The van der Waals surface area contributed by atoms with Gasteiger partial charge in [0.1, 0.15) is 5.49 Å². The quantitative estimate of drug-likeness (QED) is 0.0375. The normalized spacial score (nSPS) is 13.6. The van der Waals surface area contributed by atoms with Gasteiger partial charge in [-0.05, 0) is 42.7 Å². The number of pyridine rings is 1. The minimum absolute atomic E-state index is 0.0737. The molecule has 0 radical (unpaired) electrons. The van der Waals surface area contributed by atoms with Gasteiger partial charge in [0.15, 0.2) is 18.3 Å². The van der Waals surface area contributed by atoms with E-state index in [4.69, 9.17) is 30.8 Å². The van der Waals surface area contributed by atoms with Gasteiger partial charge in [0.2, 0.25) is 0 Å². The lowest BCUT2D eigenvalue weighted by Gasteiger charge is -2.19. The smallest absolute Gasteiger partial charge is 0.469 e. The van der Waals surface area contributed by atoms with Crippen LogP contribution in [-0.2, 0) is 32.0 Å². The van der Waals surface area contributed by atoms with Crippen molar-refractivity contribution in [1.29, 1.82) is 0 Å². The Morgan fingerprint density at radius 2 is 1.81 bits per heavy atom. The van der Waals surface area contributed by atoms with Crippen LogP contribution in [0.15, 0.2) is 64.8 Å². The summed E-state index contributed by atoms with van der Waals surface area (Å²) in [4.78, 5) is 60.8. The zero-order valence-electron chi connectivity index (χ0n) is 25.7. The van der Waals surface area contributed by atoms with E-state index in [1.54, 1.807) is 18.2 Å². The van der Waals surface area contributed by atoms with Gasteiger partial charge in [-0.3, -0.25) is 18.7 Å². The molecule has 0 aliphatic heterocycles. The number of anilines is 2. The van der Waals surface area contributed by atoms with Crippen molar-refractivity contribution in [2.24, 2.45) is 27.6 Å². The maximum Gasteiger partial charge on any atom is 0.469 e. The van der Waals surface area contributed by atoms with Gasteiger partial charge in [-0.1, -0.05) is 18.2 Å². The predicted molar refractivity (Wildman–Crippen MR) is 169 cm³/mol. The highest BCUT2D eigenvalue weighted by molar-refractivity contribution is 7.46. The zero-order valence-corrected chi connectivity index (χ0v) is 26.6.